The van der Waals surface area contributed by atoms with Gasteiger partial charge in [-0.25, -0.2) is 0 Å². The van der Waals surface area contributed by atoms with Crippen molar-refractivity contribution in [1.82, 2.24) is 0 Å². The third-order valence-electron chi connectivity index (χ3n) is 5.50. The van der Waals surface area contributed by atoms with Gasteiger partial charge < -0.3 is 4.90 Å². The maximum atomic E-state index is 8.80. The van der Waals surface area contributed by atoms with Crippen molar-refractivity contribution in [1.29, 1.82) is 5.26 Å². The first-order valence-electron chi connectivity index (χ1n) is 9.72. The number of nitriles is 1. The number of unbranched alkanes of at least 4 members (excludes halogenated alkanes) is 2. The van der Waals surface area contributed by atoms with Gasteiger partial charge in [-0.05, 0) is 74.3 Å². The van der Waals surface area contributed by atoms with E-state index in [1.807, 2.05) is 0 Å². The summed E-state index contributed by atoms with van der Waals surface area (Å²) < 4.78 is 1.12. The normalized spacial score (nSPS) is 19.7. The van der Waals surface area contributed by atoms with Crippen molar-refractivity contribution in [2.24, 2.45) is 0 Å². The zero-order valence-corrected chi connectivity index (χ0v) is 16.9. The Hall–Kier alpha value is -1.79. The Morgan fingerprint density at radius 1 is 0.923 bits per heavy atom. The minimum atomic E-state index is 0.609. The maximum Gasteiger partial charge on any atom is 0.0621 e. The van der Waals surface area contributed by atoms with Gasteiger partial charge in [-0.2, -0.15) is 5.26 Å². The Labute approximate surface area is 166 Å². The van der Waals surface area contributed by atoms with Crippen molar-refractivity contribution in [2.75, 3.05) is 11.4 Å². The molecule has 0 radical (unpaired) electrons. The lowest BCUT2D eigenvalue weighted by molar-refractivity contribution is 0.374. The Bertz CT molecular complexity index is 697. The molecule has 3 rings (SSSR count). The number of hydrogen-bond acceptors (Lipinski definition) is 2. The highest BCUT2D eigenvalue weighted by molar-refractivity contribution is 9.10. The lowest BCUT2D eigenvalue weighted by Crippen LogP contribution is -2.38. The van der Waals surface area contributed by atoms with Gasteiger partial charge in [0.2, 0.25) is 0 Å². The van der Waals surface area contributed by atoms with Crippen LogP contribution in [-0.4, -0.2) is 12.6 Å². The van der Waals surface area contributed by atoms with Crippen LogP contribution in [0.25, 0.3) is 0 Å². The van der Waals surface area contributed by atoms with Gasteiger partial charge in [-0.15, -0.1) is 0 Å². The predicted octanol–water partition coefficient (Wildman–Crippen LogP) is 6.68. The number of hydrogen-bond donors (Lipinski definition) is 0. The van der Waals surface area contributed by atoms with E-state index in [2.05, 4.69) is 81.5 Å². The minimum Gasteiger partial charge on any atom is -0.369 e. The van der Waals surface area contributed by atoms with Crippen LogP contribution in [0, 0.1) is 11.3 Å². The third-order valence-corrected chi connectivity index (χ3v) is 6.03. The topological polar surface area (TPSA) is 27.0 Å². The Kier molecular flexibility index (Phi) is 7.14. The first-order valence-corrected chi connectivity index (χ1v) is 10.5. The summed E-state index contributed by atoms with van der Waals surface area (Å²) in [5, 5.41) is 8.80. The average molecular weight is 411 g/mol. The van der Waals surface area contributed by atoms with E-state index >= 15 is 0 Å². The second-order valence-corrected chi connectivity index (χ2v) is 8.12. The quantitative estimate of drug-likeness (QED) is 0.476. The molecular weight excluding hydrogens is 384 g/mol. The number of benzene rings is 2. The molecule has 1 saturated carbocycles. The molecule has 0 N–H and O–H groups in total. The summed E-state index contributed by atoms with van der Waals surface area (Å²) in [5.41, 5.74) is 2.81. The van der Waals surface area contributed by atoms with Gasteiger partial charge in [-0.1, -0.05) is 46.3 Å². The van der Waals surface area contributed by atoms with E-state index in [0.717, 1.165) is 23.9 Å². The predicted molar refractivity (Wildman–Crippen MR) is 112 cm³/mol. The molecule has 0 atom stereocenters. The van der Waals surface area contributed by atoms with Gasteiger partial charge in [0.25, 0.3) is 0 Å². The van der Waals surface area contributed by atoms with Crippen molar-refractivity contribution in [3.63, 3.8) is 0 Å². The highest BCUT2D eigenvalue weighted by Gasteiger charge is 2.26. The minimum absolute atomic E-state index is 0.609. The summed E-state index contributed by atoms with van der Waals surface area (Å²) in [4.78, 5) is 2.59. The smallest absolute Gasteiger partial charge is 0.0621 e. The fourth-order valence-electron chi connectivity index (χ4n) is 4.09. The number of halogens is 1. The molecule has 1 aliphatic rings. The molecule has 3 heteroatoms. The summed E-state index contributed by atoms with van der Waals surface area (Å²) in [6.07, 6.45) is 7.75. The molecule has 0 aliphatic heterocycles. The molecule has 1 aliphatic carbocycles. The van der Waals surface area contributed by atoms with Gasteiger partial charge in [0.1, 0.15) is 0 Å². The third kappa shape index (κ3) is 5.11. The molecule has 2 aromatic carbocycles. The van der Waals surface area contributed by atoms with Gasteiger partial charge in [-0.3, -0.25) is 0 Å². The Morgan fingerprint density at radius 2 is 1.62 bits per heavy atom. The van der Waals surface area contributed by atoms with Crippen molar-refractivity contribution < 1.29 is 0 Å². The lowest BCUT2D eigenvalue weighted by atomic mass is 9.81. The van der Waals surface area contributed by atoms with E-state index in [9.17, 15) is 0 Å². The van der Waals surface area contributed by atoms with Crippen LogP contribution in [-0.2, 0) is 0 Å². The van der Waals surface area contributed by atoms with Crippen molar-refractivity contribution in [3.8, 4) is 6.07 Å². The van der Waals surface area contributed by atoms with Gasteiger partial charge in [0, 0.05) is 29.2 Å². The average Bonchev–Trinajstić information content (AvgIpc) is 2.70. The standard InChI is InChI=1S/C23H27BrN2/c24-21-11-15-23(16-12-21)26(18-6-2-5-17-25)22-13-9-20(10-14-22)19-7-3-1-4-8-19/h1,3-4,7-8,11-12,15-16,20,22H,2,5-6,9-10,13-14,18H2. The summed E-state index contributed by atoms with van der Waals surface area (Å²) in [5.74, 6) is 0.706. The molecular formula is C23H27BrN2. The van der Waals surface area contributed by atoms with Crippen LogP contribution in [0.3, 0.4) is 0 Å². The molecule has 0 bridgehead atoms. The van der Waals surface area contributed by atoms with Gasteiger partial charge in [0.15, 0.2) is 0 Å². The second kappa shape index (κ2) is 9.78. The van der Waals surface area contributed by atoms with Gasteiger partial charge in [0.05, 0.1) is 6.07 Å². The van der Waals surface area contributed by atoms with Crippen LogP contribution >= 0.6 is 15.9 Å². The molecule has 0 saturated heterocycles. The van der Waals surface area contributed by atoms with Crippen LogP contribution in [0.5, 0.6) is 0 Å². The van der Waals surface area contributed by atoms with Crippen molar-refractivity contribution >= 4 is 21.6 Å². The van der Waals surface area contributed by atoms with E-state index in [1.54, 1.807) is 0 Å². The highest BCUT2D eigenvalue weighted by atomic mass is 79.9. The summed E-state index contributed by atoms with van der Waals surface area (Å²) >= 11 is 3.54. The zero-order chi connectivity index (χ0) is 18.2. The van der Waals surface area contributed by atoms with Crippen LogP contribution < -0.4 is 4.90 Å². The molecule has 0 aromatic heterocycles. The Balaban J connectivity index is 1.65. The first kappa shape index (κ1) is 19.0. The van der Waals surface area contributed by atoms with E-state index in [4.69, 9.17) is 5.26 Å². The van der Waals surface area contributed by atoms with E-state index in [-0.39, 0.29) is 0 Å². The Morgan fingerprint density at radius 3 is 2.27 bits per heavy atom. The second-order valence-electron chi connectivity index (χ2n) is 7.20. The van der Waals surface area contributed by atoms with E-state index < -0.39 is 0 Å². The molecule has 0 spiro atoms. The summed E-state index contributed by atoms with van der Waals surface area (Å²) in [6.45, 7) is 1.05. The molecule has 26 heavy (non-hydrogen) atoms. The molecule has 1 fully saturated rings. The van der Waals surface area contributed by atoms with E-state index in [0.29, 0.717) is 18.4 Å². The van der Waals surface area contributed by atoms with E-state index in [1.165, 1.54) is 36.9 Å². The first-order chi connectivity index (χ1) is 12.8. The maximum absolute atomic E-state index is 8.80. The van der Waals surface area contributed by atoms with Crippen LogP contribution in [0.4, 0.5) is 5.69 Å². The number of nitrogens with zero attached hydrogens (tertiary/aromatic N) is 2. The van der Waals surface area contributed by atoms with Crippen LogP contribution in [0.1, 0.15) is 56.4 Å². The monoisotopic (exact) mass is 410 g/mol. The van der Waals surface area contributed by atoms with Crippen molar-refractivity contribution in [2.45, 2.75) is 56.9 Å². The van der Waals surface area contributed by atoms with Crippen LogP contribution in [0.2, 0.25) is 0 Å². The number of anilines is 1. The molecule has 2 nitrogen and oxygen atoms in total. The van der Waals surface area contributed by atoms with Crippen LogP contribution in [0.15, 0.2) is 59.1 Å². The fraction of sp³-hybridized carbons (Fsp3) is 0.435. The molecule has 0 heterocycles. The SMILES string of the molecule is N#CCCCCN(c1ccc(Br)cc1)C1CCC(c2ccccc2)CC1. The zero-order valence-electron chi connectivity index (χ0n) is 15.3. The molecule has 0 amide bonds. The van der Waals surface area contributed by atoms with Crippen molar-refractivity contribution in [3.05, 3.63) is 64.6 Å². The molecule has 2 aromatic rings. The fourth-order valence-corrected chi connectivity index (χ4v) is 4.35. The lowest BCUT2D eigenvalue weighted by Gasteiger charge is -2.39. The number of rotatable bonds is 7. The molecule has 0 unspecified atom stereocenters. The largest absolute Gasteiger partial charge is 0.369 e. The summed E-state index contributed by atoms with van der Waals surface area (Å²) in [7, 11) is 0. The van der Waals surface area contributed by atoms with Gasteiger partial charge >= 0.3 is 0 Å². The highest BCUT2D eigenvalue weighted by Crippen LogP contribution is 2.36. The summed E-state index contributed by atoms with van der Waals surface area (Å²) in [6, 6.07) is 22.6. The molecule has 136 valence electrons.